The standard InChI is InChI=1S/C21H24FNO3/c1-25-14-7-8-15-16(12-14)18-5-3-4-10-23(18)20(21(15)24)13-6-9-19(26-2)17(22)11-13/h6-9,11-12,18,20-21,24H,3-5,10H2,1-2H3/t18-,20?,21?/m0/s1. The van der Waals surface area contributed by atoms with Crippen LogP contribution >= 0.6 is 0 Å². The van der Waals surface area contributed by atoms with Gasteiger partial charge in [0.05, 0.1) is 26.4 Å². The maximum absolute atomic E-state index is 14.3. The quantitative estimate of drug-likeness (QED) is 0.896. The molecule has 0 aromatic heterocycles. The molecule has 138 valence electrons. The number of fused-ring (bicyclic) bond motifs is 3. The fourth-order valence-electron chi connectivity index (χ4n) is 4.45. The van der Waals surface area contributed by atoms with Gasteiger partial charge in [0, 0.05) is 6.04 Å². The Balaban J connectivity index is 1.81. The summed E-state index contributed by atoms with van der Waals surface area (Å²) in [6.07, 6.45) is 2.55. The molecule has 1 saturated heterocycles. The van der Waals surface area contributed by atoms with Crippen molar-refractivity contribution in [1.29, 1.82) is 0 Å². The number of methoxy groups -OCH3 is 2. The molecular weight excluding hydrogens is 333 g/mol. The van der Waals surface area contributed by atoms with Gasteiger partial charge in [0.15, 0.2) is 11.6 Å². The molecule has 2 heterocycles. The van der Waals surface area contributed by atoms with Crippen LogP contribution in [0.1, 0.15) is 54.1 Å². The summed E-state index contributed by atoms with van der Waals surface area (Å²) in [5.41, 5.74) is 2.82. The molecule has 1 N–H and O–H groups in total. The molecule has 0 amide bonds. The molecule has 0 bridgehead atoms. The topological polar surface area (TPSA) is 41.9 Å². The highest BCUT2D eigenvalue weighted by atomic mass is 19.1. The third-order valence-electron chi connectivity index (χ3n) is 5.69. The van der Waals surface area contributed by atoms with Crippen LogP contribution in [-0.2, 0) is 0 Å². The molecule has 4 rings (SSSR count). The second kappa shape index (κ2) is 6.89. The van der Waals surface area contributed by atoms with Crippen LogP contribution in [-0.4, -0.2) is 30.8 Å². The number of nitrogens with zero attached hydrogens (tertiary/aromatic N) is 1. The average Bonchev–Trinajstić information content (AvgIpc) is 2.68. The summed E-state index contributed by atoms with van der Waals surface area (Å²) in [5.74, 6) is 0.626. The number of hydrogen-bond acceptors (Lipinski definition) is 4. The van der Waals surface area contributed by atoms with Crippen LogP contribution in [0.15, 0.2) is 36.4 Å². The maximum atomic E-state index is 14.3. The molecule has 1 fully saturated rings. The van der Waals surface area contributed by atoms with Crippen LogP contribution in [0.4, 0.5) is 4.39 Å². The third kappa shape index (κ3) is 2.75. The van der Waals surface area contributed by atoms with Crippen molar-refractivity contribution in [3.63, 3.8) is 0 Å². The highest BCUT2D eigenvalue weighted by Crippen LogP contribution is 2.50. The largest absolute Gasteiger partial charge is 0.497 e. The van der Waals surface area contributed by atoms with E-state index in [1.165, 1.54) is 13.2 Å². The maximum Gasteiger partial charge on any atom is 0.165 e. The van der Waals surface area contributed by atoms with Crippen molar-refractivity contribution >= 4 is 0 Å². The van der Waals surface area contributed by atoms with E-state index in [-0.39, 0.29) is 17.8 Å². The first-order valence-electron chi connectivity index (χ1n) is 9.09. The van der Waals surface area contributed by atoms with Crippen molar-refractivity contribution in [2.24, 2.45) is 0 Å². The van der Waals surface area contributed by atoms with Gasteiger partial charge in [-0.3, -0.25) is 4.90 Å². The fraction of sp³-hybridized carbons (Fsp3) is 0.429. The number of ether oxygens (including phenoxy) is 2. The number of halogens is 1. The van der Waals surface area contributed by atoms with Gasteiger partial charge in [0.1, 0.15) is 5.75 Å². The first-order chi connectivity index (χ1) is 12.6. The van der Waals surface area contributed by atoms with Gasteiger partial charge in [-0.1, -0.05) is 18.6 Å². The van der Waals surface area contributed by atoms with E-state index in [9.17, 15) is 9.50 Å². The SMILES string of the molecule is COc1ccc2c(c1)[C@@H]1CCCCN1C(c1ccc(OC)c(F)c1)C2O. The lowest BCUT2D eigenvalue weighted by Crippen LogP contribution is -2.43. The normalized spacial score (nSPS) is 25.3. The summed E-state index contributed by atoms with van der Waals surface area (Å²) in [4.78, 5) is 2.32. The highest BCUT2D eigenvalue weighted by molar-refractivity contribution is 5.44. The molecule has 3 atom stereocenters. The molecule has 2 aromatic carbocycles. The van der Waals surface area contributed by atoms with Crippen molar-refractivity contribution < 1.29 is 19.0 Å². The Morgan fingerprint density at radius 3 is 2.62 bits per heavy atom. The van der Waals surface area contributed by atoms with Crippen molar-refractivity contribution in [2.45, 2.75) is 37.5 Å². The van der Waals surface area contributed by atoms with Crippen molar-refractivity contribution in [1.82, 2.24) is 4.90 Å². The Morgan fingerprint density at radius 2 is 1.88 bits per heavy atom. The van der Waals surface area contributed by atoms with Crippen molar-refractivity contribution in [2.75, 3.05) is 20.8 Å². The van der Waals surface area contributed by atoms with Crippen LogP contribution in [0.2, 0.25) is 0 Å². The van der Waals surface area contributed by atoms with Gasteiger partial charge in [-0.25, -0.2) is 4.39 Å². The van der Waals surface area contributed by atoms with Gasteiger partial charge in [0.2, 0.25) is 0 Å². The summed E-state index contributed by atoms with van der Waals surface area (Å²) >= 11 is 0. The predicted octanol–water partition coefficient (Wildman–Crippen LogP) is 4.16. The minimum Gasteiger partial charge on any atom is -0.497 e. The molecule has 4 nitrogen and oxygen atoms in total. The Bertz CT molecular complexity index is 810. The Labute approximate surface area is 153 Å². The predicted molar refractivity (Wildman–Crippen MR) is 96.9 cm³/mol. The lowest BCUT2D eigenvalue weighted by Gasteiger charge is -2.48. The average molecular weight is 357 g/mol. The molecular formula is C21H24FNO3. The van der Waals surface area contributed by atoms with Gasteiger partial charge in [-0.15, -0.1) is 0 Å². The van der Waals surface area contributed by atoms with Crippen molar-refractivity contribution in [3.8, 4) is 11.5 Å². The summed E-state index contributed by atoms with van der Waals surface area (Å²) in [6.45, 7) is 0.886. The second-order valence-electron chi connectivity index (χ2n) is 7.03. The molecule has 0 saturated carbocycles. The van der Waals surface area contributed by atoms with Gasteiger partial charge in [-0.2, -0.15) is 0 Å². The molecule has 0 spiro atoms. The van der Waals surface area contributed by atoms with E-state index < -0.39 is 11.9 Å². The van der Waals surface area contributed by atoms with Gasteiger partial charge < -0.3 is 14.6 Å². The molecule has 2 aliphatic rings. The van der Waals surface area contributed by atoms with E-state index >= 15 is 0 Å². The summed E-state index contributed by atoms with van der Waals surface area (Å²) in [7, 11) is 3.11. The Kier molecular flexibility index (Phi) is 4.59. The number of aliphatic hydroxyl groups is 1. The zero-order valence-corrected chi connectivity index (χ0v) is 15.1. The molecule has 0 aliphatic carbocycles. The summed E-state index contributed by atoms with van der Waals surface area (Å²) in [5, 5.41) is 11.2. The summed E-state index contributed by atoms with van der Waals surface area (Å²) in [6, 6.07) is 10.8. The van der Waals surface area contributed by atoms with Gasteiger partial charge >= 0.3 is 0 Å². The van der Waals surface area contributed by atoms with Crippen LogP contribution in [0.3, 0.4) is 0 Å². The summed E-state index contributed by atoms with van der Waals surface area (Å²) < 4.78 is 24.7. The van der Waals surface area contributed by atoms with Crippen LogP contribution < -0.4 is 9.47 Å². The van der Waals surface area contributed by atoms with Crippen LogP contribution in [0, 0.1) is 5.82 Å². The monoisotopic (exact) mass is 357 g/mol. The lowest BCUT2D eigenvalue weighted by atomic mass is 9.79. The van der Waals surface area contributed by atoms with E-state index in [2.05, 4.69) is 4.90 Å². The third-order valence-corrected chi connectivity index (χ3v) is 5.69. The number of benzene rings is 2. The molecule has 0 radical (unpaired) electrons. The first kappa shape index (κ1) is 17.3. The Morgan fingerprint density at radius 1 is 1.04 bits per heavy atom. The highest BCUT2D eigenvalue weighted by Gasteiger charge is 2.42. The minimum absolute atomic E-state index is 0.215. The van der Waals surface area contributed by atoms with Crippen LogP contribution in [0.25, 0.3) is 0 Å². The van der Waals surface area contributed by atoms with Crippen LogP contribution in [0.5, 0.6) is 11.5 Å². The zero-order valence-electron chi connectivity index (χ0n) is 15.1. The minimum atomic E-state index is -0.710. The van der Waals surface area contributed by atoms with E-state index in [4.69, 9.17) is 9.47 Å². The number of aliphatic hydroxyl groups excluding tert-OH is 1. The van der Waals surface area contributed by atoms with E-state index in [1.54, 1.807) is 13.2 Å². The molecule has 2 unspecified atom stereocenters. The molecule has 2 aliphatic heterocycles. The fourth-order valence-corrected chi connectivity index (χ4v) is 4.45. The first-order valence-corrected chi connectivity index (χ1v) is 9.09. The van der Waals surface area contributed by atoms with E-state index in [1.807, 2.05) is 24.3 Å². The smallest absolute Gasteiger partial charge is 0.165 e. The van der Waals surface area contributed by atoms with Crippen molar-refractivity contribution in [3.05, 3.63) is 58.9 Å². The number of rotatable bonds is 3. The Hall–Kier alpha value is -2.11. The molecule has 5 heteroatoms. The second-order valence-corrected chi connectivity index (χ2v) is 7.03. The number of hydrogen-bond donors (Lipinski definition) is 1. The number of piperidine rings is 1. The molecule has 26 heavy (non-hydrogen) atoms. The zero-order chi connectivity index (χ0) is 18.3. The molecule has 2 aromatic rings. The van der Waals surface area contributed by atoms with E-state index in [0.29, 0.717) is 0 Å². The van der Waals surface area contributed by atoms with E-state index in [0.717, 1.165) is 48.2 Å². The van der Waals surface area contributed by atoms with Gasteiger partial charge in [0.25, 0.3) is 0 Å². The lowest BCUT2D eigenvalue weighted by molar-refractivity contribution is -0.0141. The van der Waals surface area contributed by atoms with Gasteiger partial charge in [-0.05, 0) is 60.3 Å².